The van der Waals surface area contributed by atoms with Gasteiger partial charge in [0.1, 0.15) is 0 Å². The lowest BCUT2D eigenvalue weighted by Gasteiger charge is -2.21. The van der Waals surface area contributed by atoms with Crippen molar-refractivity contribution in [3.63, 3.8) is 0 Å². The number of nitrogens with one attached hydrogen (secondary N) is 1. The monoisotopic (exact) mass is 672 g/mol. The zero-order chi connectivity index (χ0) is 35.0. The van der Waals surface area contributed by atoms with E-state index in [9.17, 15) is 0 Å². The van der Waals surface area contributed by atoms with Crippen molar-refractivity contribution in [3.05, 3.63) is 186 Å². The largest absolute Gasteiger partial charge is 0.378 e. The summed E-state index contributed by atoms with van der Waals surface area (Å²) in [5.74, 6) is 2.96. The van der Waals surface area contributed by atoms with Crippen molar-refractivity contribution in [1.29, 1.82) is 0 Å². The van der Waals surface area contributed by atoms with Crippen molar-refractivity contribution in [2.45, 2.75) is 32.7 Å². The van der Waals surface area contributed by atoms with Gasteiger partial charge in [-0.1, -0.05) is 128 Å². The van der Waals surface area contributed by atoms with E-state index in [1.165, 1.54) is 28.0 Å². The van der Waals surface area contributed by atoms with E-state index < -0.39 is 0 Å². The molecule has 0 amide bonds. The van der Waals surface area contributed by atoms with Crippen molar-refractivity contribution in [2.24, 2.45) is 11.8 Å². The lowest BCUT2D eigenvalue weighted by atomic mass is 9.85. The molecule has 3 unspecified atom stereocenters. The highest BCUT2D eigenvalue weighted by atomic mass is 15.0. The molecule has 252 valence electrons. The Hall–Kier alpha value is -6.13. The molecule has 3 atom stereocenters. The zero-order valence-corrected chi connectivity index (χ0v) is 29.5. The number of dihydropyridines is 1. The smallest absolute Gasteiger partial charge is 0.164 e. The molecule has 2 heterocycles. The molecule has 9 rings (SSSR count). The summed E-state index contributed by atoms with van der Waals surface area (Å²) in [5.41, 5.74) is 13.8. The summed E-state index contributed by atoms with van der Waals surface area (Å²) < 4.78 is 0. The van der Waals surface area contributed by atoms with Gasteiger partial charge in [-0.2, -0.15) is 0 Å². The van der Waals surface area contributed by atoms with Crippen molar-refractivity contribution < 1.29 is 0 Å². The standard InChI is InChI=1S/C48H40N4/c1-31-15-16-35-20-24-40(27-41(35)25-31)47-50-46(39-23-19-34-12-6-7-13-38(34)26-39)51-48(52-47)44-29-42(33-10-4-3-5-11-33)28-43(30-44)36-17-21-37(22-18-36)45-14-8-9-32(2)49-45/h3-18,20-24,26-31,34,45,49H,19,25H2,1-2H3. The SMILES string of the molecule is CC1=CC=CC(c2ccc(-c3cc(-c4ccccc4)cc(-c4nc(C5=CCC6C=CC=CC6=C5)nc(-c5ccc6c(c5)CC(C)C=C6)n4)c3)cc2)N1. The van der Waals surface area contributed by atoms with E-state index in [0.717, 1.165) is 51.8 Å². The van der Waals surface area contributed by atoms with Gasteiger partial charge < -0.3 is 5.32 Å². The molecule has 4 heteroatoms. The maximum absolute atomic E-state index is 5.24. The molecule has 4 aliphatic rings. The Morgan fingerprint density at radius 3 is 2.17 bits per heavy atom. The van der Waals surface area contributed by atoms with Gasteiger partial charge in [-0.3, -0.25) is 0 Å². The van der Waals surface area contributed by atoms with Crippen LogP contribution in [0.2, 0.25) is 0 Å². The van der Waals surface area contributed by atoms with Crippen LogP contribution >= 0.6 is 0 Å². The van der Waals surface area contributed by atoms with E-state index in [4.69, 9.17) is 15.0 Å². The molecule has 1 aliphatic heterocycles. The van der Waals surface area contributed by atoms with Gasteiger partial charge in [0.15, 0.2) is 17.5 Å². The number of rotatable bonds is 6. The van der Waals surface area contributed by atoms with E-state index in [2.05, 4.69) is 177 Å². The zero-order valence-electron chi connectivity index (χ0n) is 29.5. The minimum absolute atomic E-state index is 0.162. The summed E-state index contributed by atoms with van der Waals surface area (Å²) in [6.07, 6.45) is 26.1. The van der Waals surface area contributed by atoms with Crippen LogP contribution in [0.4, 0.5) is 0 Å². The predicted molar refractivity (Wildman–Crippen MR) is 215 cm³/mol. The van der Waals surface area contributed by atoms with Crippen LogP contribution in [0.1, 0.15) is 48.8 Å². The second-order valence-electron chi connectivity index (χ2n) is 14.3. The average molecular weight is 673 g/mol. The number of hydrogen-bond acceptors (Lipinski definition) is 4. The highest BCUT2D eigenvalue weighted by molar-refractivity contribution is 5.81. The maximum Gasteiger partial charge on any atom is 0.164 e. The Kier molecular flexibility index (Phi) is 8.28. The molecule has 0 saturated carbocycles. The van der Waals surface area contributed by atoms with Gasteiger partial charge in [0.2, 0.25) is 0 Å². The van der Waals surface area contributed by atoms with Crippen LogP contribution in [0.15, 0.2) is 163 Å². The van der Waals surface area contributed by atoms with Crippen molar-refractivity contribution in [1.82, 2.24) is 20.3 Å². The predicted octanol–water partition coefficient (Wildman–Crippen LogP) is 11.3. The molecule has 1 N–H and O–H groups in total. The van der Waals surface area contributed by atoms with E-state index >= 15 is 0 Å². The van der Waals surface area contributed by atoms with Crippen LogP contribution in [-0.2, 0) is 6.42 Å². The second kappa shape index (κ2) is 13.5. The van der Waals surface area contributed by atoms with Gasteiger partial charge >= 0.3 is 0 Å². The lowest BCUT2D eigenvalue weighted by Crippen LogP contribution is -2.19. The fourth-order valence-electron chi connectivity index (χ4n) is 7.60. The topological polar surface area (TPSA) is 50.7 Å². The molecular formula is C48H40N4. The van der Waals surface area contributed by atoms with Gasteiger partial charge in [0, 0.05) is 28.3 Å². The molecule has 4 aromatic carbocycles. The highest BCUT2D eigenvalue weighted by Crippen LogP contribution is 2.36. The molecule has 3 aliphatic carbocycles. The molecule has 0 fully saturated rings. The van der Waals surface area contributed by atoms with Crippen LogP contribution in [0, 0.1) is 11.8 Å². The van der Waals surface area contributed by atoms with Gasteiger partial charge in [-0.05, 0) is 107 Å². The first-order valence-electron chi connectivity index (χ1n) is 18.3. The molecule has 52 heavy (non-hydrogen) atoms. The molecule has 0 saturated heterocycles. The van der Waals surface area contributed by atoms with Gasteiger partial charge in [0.25, 0.3) is 0 Å². The second-order valence-corrected chi connectivity index (χ2v) is 14.3. The summed E-state index contributed by atoms with van der Waals surface area (Å²) in [6, 6.07) is 33.0. The molecular weight excluding hydrogens is 633 g/mol. The first kappa shape index (κ1) is 31.8. The van der Waals surface area contributed by atoms with E-state index in [1.807, 2.05) is 0 Å². The summed E-state index contributed by atoms with van der Waals surface area (Å²) in [6.45, 7) is 4.37. The molecule has 5 aromatic rings. The maximum atomic E-state index is 5.24. The minimum atomic E-state index is 0.162. The Bertz CT molecular complexity index is 2400. The number of allylic oxidation sites excluding steroid dienone is 12. The number of fused-ring (bicyclic) bond motifs is 2. The van der Waals surface area contributed by atoms with E-state index in [1.54, 1.807) is 0 Å². The number of nitrogens with zero attached hydrogens (tertiary/aromatic N) is 3. The summed E-state index contributed by atoms with van der Waals surface area (Å²) in [4.78, 5) is 15.6. The molecule has 0 radical (unpaired) electrons. The molecule has 0 spiro atoms. The van der Waals surface area contributed by atoms with Gasteiger partial charge in [-0.15, -0.1) is 0 Å². The highest BCUT2D eigenvalue weighted by Gasteiger charge is 2.21. The van der Waals surface area contributed by atoms with Gasteiger partial charge in [0.05, 0.1) is 6.04 Å². The number of hydrogen-bond donors (Lipinski definition) is 1. The Balaban J connectivity index is 1.18. The molecule has 1 aromatic heterocycles. The fourth-order valence-corrected chi connectivity index (χ4v) is 7.60. The van der Waals surface area contributed by atoms with Crippen LogP contribution in [0.3, 0.4) is 0 Å². The first-order valence-corrected chi connectivity index (χ1v) is 18.3. The summed E-state index contributed by atoms with van der Waals surface area (Å²) in [7, 11) is 0. The van der Waals surface area contributed by atoms with Gasteiger partial charge in [-0.25, -0.2) is 15.0 Å². The third-order valence-corrected chi connectivity index (χ3v) is 10.5. The Morgan fingerprint density at radius 2 is 1.37 bits per heavy atom. The normalized spacial score (nSPS) is 20.0. The van der Waals surface area contributed by atoms with E-state index in [0.29, 0.717) is 29.3 Å². The van der Waals surface area contributed by atoms with Crippen LogP contribution in [0.25, 0.3) is 56.7 Å². The van der Waals surface area contributed by atoms with Crippen LogP contribution in [0.5, 0.6) is 0 Å². The fraction of sp³-hybridized carbons (Fsp3) is 0.146. The first-order chi connectivity index (χ1) is 25.5. The molecule has 0 bridgehead atoms. The van der Waals surface area contributed by atoms with Crippen molar-refractivity contribution in [3.8, 4) is 45.0 Å². The van der Waals surface area contributed by atoms with Crippen molar-refractivity contribution in [2.75, 3.05) is 0 Å². The average Bonchev–Trinajstić information content (AvgIpc) is 3.20. The minimum Gasteiger partial charge on any atom is -0.378 e. The van der Waals surface area contributed by atoms with E-state index in [-0.39, 0.29) is 6.04 Å². The van der Waals surface area contributed by atoms with Crippen LogP contribution in [-0.4, -0.2) is 15.0 Å². The number of aromatic nitrogens is 3. The molecule has 4 nitrogen and oxygen atoms in total. The summed E-state index contributed by atoms with van der Waals surface area (Å²) >= 11 is 0. The lowest BCUT2D eigenvalue weighted by molar-refractivity contribution is 0.705. The quantitative estimate of drug-likeness (QED) is 0.195. The Labute approximate surface area is 306 Å². The number of benzene rings is 4. The van der Waals surface area contributed by atoms with Crippen molar-refractivity contribution >= 4 is 11.6 Å². The Morgan fingerprint density at radius 1 is 0.635 bits per heavy atom. The van der Waals surface area contributed by atoms with Crippen LogP contribution < -0.4 is 5.32 Å². The summed E-state index contributed by atoms with van der Waals surface area (Å²) in [5, 5.41) is 3.57. The third-order valence-electron chi connectivity index (χ3n) is 10.5. The third kappa shape index (κ3) is 6.44.